The van der Waals surface area contributed by atoms with Crippen LogP contribution in [0.4, 0.5) is 14.9 Å². The highest BCUT2D eigenvalue weighted by Gasteiger charge is 2.42. The molecule has 4 unspecified atom stereocenters. The molecule has 2 fully saturated rings. The minimum atomic E-state index is -1.59. The molecule has 1 saturated heterocycles. The van der Waals surface area contributed by atoms with Crippen LogP contribution in [0.25, 0.3) is 10.9 Å². The van der Waals surface area contributed by atoms with Crippen molar-refractivity contribution in [2.45, 2.75) is 31.8 Å². The third-order valence-corrected chi connectivity index (χ3v) is 7.04. The Morgan fingerprint density at radius 2 is 1.97 bits per heavy atom. The Bertz CT molecular complexity index is 1170. The second-order valence-corrected chi connectivity index (χ2v) is 9.02. The molecular formula is C23H26FN3O5. The minimum absolute atomic E-state index is 0.0390. The number of methoxy groups -OCH3 is 1. The van der Waals surface area contributed by atoms with Crippen LogP contribution in [-0.2, 0) is 0 Å². The maximum absolute atomic E-state index is 15.5. The highest BCUT2D eigenvalue weighted by molar-refractivity contribution is 5.92. The molecule has 9 heteroatoms. The van der Waals surface area contributed by atoms with Gasteiger partial charge >= 0.3 is 6.16 Å². The van der Waals surface area contributed by atoms with Crippen LogP contribution in [0.3, 0.4) is 0 Å². The summed E-state index contributed by atoms with van der Waals surface area (Å²) in [5.74, 6) is 0.176. The smallest absolute Gasteiger partial charge is 0.492 e. The molecule has 0 bridgehead atoms. The Morgan fingerprint density at radius 1 is 1.25 bits per heavy atom. The number of anilines is 1. The number of hydrogen-bond acceptors (Lipinski definition) is 6. The highest BCUT2D eigenvalue weighted by Crippen LogP contribution is 2.47. The van der Waals surface area contributed by atoms with Crippen molar-refractivity contribution < 1.29 is 23.8 Å². The number of allylic oxidation sites excluding steroid dienone is 1. The first kappa shape index (κ1) is 20.8. The molecule has 1 aromatic heterocycles. The number of halogens is 1. The number of fused-ring (bicyclic) bond motifs is 2. The molecule has 5 rings (SSSR count). The molecule has 3 aliphatic rings. The molecule has 32 heavy (non-hydrogen) atoms. The summed E-state index contributed by atoms with van der Waals surface area (Å²) in [5.41, 5.74) is 6.41. The molecule has 1 aliphatic heterocycles. The zero-order chi connectivity index (χ0) is 22.7. The molecule has 170 valence electrons. The zero-order valence-corrected chi connectivity index (χ0v) is 18.0. The number of nitrogens with zero attached hydrogens (tertiary/aromatic N) is 2. The van der Waals surface area contributed by atoms with Gasteiger partial charge in [-0.1, -0.05) is 19.1 Å². The molecule has 3 N–H and O–H groups in total. The van der Waals surface area contributed by atoms with E-state index in [1.165, 1.54) is 19.4 Å². The molecule has 0 amide bonds. The topological polar surface area (TPSA) is 107 Å². The quantitative estimate of drug-likeness (QED) is 0.552. The van der Waals surface area contributed by atoms with Crippen LogP contribution in [-0.4, -0.2) is 42.1 Å². The lowest BCUT2D eigenvalue weighted by atomic mass is 9.77. The van der Waals surface area contributed by atoms with E-state index >= 15 is 4.39 Å². The van der Waals surface area contributed by atoms with Crippen LogP contribution < -0.4 is 25.5 Å². The van der Waals surface area contributed by atoms with Gasteiger partial charge in [-0.05, 0) is 30.7 Å². The third kappa shape index (κ3) is 3.23. The predicted molar refractivity (Wildman–Crippen MR) is 117 cm³/mol. The Labute approximate surface area is 184 Å². The zero-order valence-electron chi connectivity index (χ0n) is 18.0. The van der Waals surface area contributed by atoms with Crippen molar-refractivity contribution in [1.82, 2.24) is 4.57 Å². The average Bonchev–Trinajstić information content (AvgIpc) is 3.49. The van der Waals surface area contributed by atoms with E-state index in [1.807, 2.05) is 11.0 Å². The van der Waals surface area contributed by atoms with Crippen LogP contribution >= 0.6 is 0 Å². The Balaban J connectivity index is 1.68. The van der Waals surface area contributed by atoms with Gasteiger partial charge in [0.1, 0.15) is 5.69 Å². The lowest BCUT2D eigenvalue weighted by Gasteiger charge is -2.30. The summed E-state index contributed by atoms with van der Waals surface area (Å²) in [6.45, 7) is 3.37. The highest BCUT2D eigenvalue weighted by atomic mass is 19.1. The van der Waals surface area contributed by atoms with Gasteiger partial charge in [-0.3, -0.25) is 4.79 Å². The van der Waals surface area contributed by atoms with E-state index in [0.717, 1.165) is 12.8 Å². The van der Waals surface area contributed by atoms with E-state index in [2.05, 4.69) is 13.0 Å². The predicted octanol–water partition coefficient (Wildman–Crippen LogP) is 3.13. The first-order chi connectivity index (χ1) is 15.3. The van der Waals surface area contributed by atoms with Crippen LogP contribution in [0.15, 0.2) is 29.2 Å². The SMILES string of the molecule is COc1c(N2CC3C(C)C=CC(N)C3C2)c(F)cc2c(=O)c(OC(=O)O)cn(C3CC3)c12. The number of aromatic nitrogens is 1. The lowest BCUT2D eigenvalue weighted by molar-refractivity contribution is 0.143. The minimum Gasteiger partial charge on any atom is -0.492 e. The summed E-state index contributed by atoms with van der Waals surface area (Å²) in [6, 6.07) is 1.16. The number of carbonyl (C=O) groups is 1. The molecule has 8 nitrogen and oxygen atoms in total. The second-order valence-electron chi connectivity index (χ2n) is 9.02. The number of rotatable bonds is 4. The normalized spacial score (nSPS) is 26.9. The number of pyridine rings is 1. The van der Waals surface area contributed by atoms with Crippen molar-refractivity contribution in [1.29, 1.82) is 0 Å². The molecule has 2 aliphatic carbocycles. The summed E-state index contributed by atoms with van der Waals surface area (Å²) >= 11 is 0. The van der Waals surface area contributed by atoms with Gasteiger partial charge in [-0.25, -0.2) is 9.18 Å². The summed E-state index contributed by atoms with van der Waals surface area (Å²) in [6.07, 6.45) is 5.69. The third-order valence-electron chi connectivity index (χ3n) is 7.04. The molecule has 2 aromatic rings. The van der Waals surface area contributed by atoms with Crippen LogP contribution in [0, 0.1) is 23.6 Å². The first-order valence-electron chi connectivity index (χ1n) is 10.8. The molecule has 1 aromatic carbocycles. The maximum Gasteiger partial charge on any atom is 0.511 e. The average molecular weight is 443 g/mol. The largest absolute Gasteiger partial charge is 0.511 e. The molecule has 0 spiro atoms. The number of nitrogens with two attached hydrogens (primary N) is 1. The Hall–Kier alpha value is -3.07. The van der Waals surface area contributed by atoms with Crippen molar-refractivity contribution in [2.75, 3.05) is 25.1 Å². The lowest BCUT2D eigenvalue weighted by Crippen LogP contribution is -2.38. The van der Waals surface area contributed by atoms with Crippen LogP contribution in [0.5, 0.6) is 11.5 Å². The fraction of sp³-hybridized carbons (Fsp3) is 0.478. The summed E-state index contributed by atoms with van der Waals surface area (Å²) in [7, 11) is 1.46. The monoisotopic (exact) mass is 443 g/mol. The molecule has 1 saturated carbocycles. The molecular weight excluding hydrogens is 417 g/mol. The summed E-state index contributed by atoms with van der Waals surface area (Å²) < 4.78 is 27.7. The Kier molecular flexibility index (Phi) is 4.88. The van der Waals surface area contributed by atoms with Crippen molar-refractivity contribution in [3.63, 3.8) is 0 Å². The number of hydrogen-bond donors (Lipinski definition) is 2. The van der Waals surface area contributed by atoms with Gasteiger partial charge in [0.25, 0.3) is 0 Å². The van der Waals surface area contributed by atoms with Crippen molar-refractivity contribution >= 4 is 22.7 Å². The first-order valence-corrected chi connectivity index (χ1v) is 10.8. The number of benzene rings is 1. The van der Waals surface area contributed by atoms with E-state index in [9.17, 15) is 9.59 Å². The van der Waals surface area contributed by atoms with Crippen molar-refractivity contribution in [3.05, 3.63) is 40.5 Å². The van der Waals surface area contributed by atoms with E-state index in [1.54, 1.807) is 4.57 Å². The summed E-state index contributed by atoms with van der Waals surface area (Å²) in [5, 5.41) is 9.04. The van der Waals surface area contributed by atoms with Gasteiger partial charge in [0.15, 0.2) is 17.3 Å². The van der Waals surface area contributed by atoms with Gasteiger partial charge < -0.3 is 29.8 Å². The summed E-state index contributed by atoms with van der Waals surface area (Å²) in [4.78, 5) is 26.0. The fourth-order valence-corrected chi connectivity index (χ4v) is 5.30. The maximum atomic E-state index is 15.5. The Morgan fingerprint density at radius 3 is 2.59 bits per heavy atom. The van der Waals surface area contributed by atoms with E-state index in [4.69, 9.17) is 20.3 Å². The standard InChI is InChI=1S/C23H26FN3O5/c1-11-3-6-17(25)15-9-26(8-14(11)15)20-16(24)7-13-19(22(20)31-2)27(12-4-5-12)10-18(21(13)28)32-23(29)30/h3,6-7,10-12,14-15,17H,4-5,8-9,25H2,1-2H3,(H,29,30). The number of ether oxygens (including phenoxy) is 2. The van der Waals surface area contributed by atoms with Crippen molar-refractivity contribution in [2.24, 2.45) is 23.5 Å². The van der Waals surface area contributed by atoms with E-state index < -0.39 is 17.4 Å². The van der Waals surface area contributed by atoms with Gasteiger partial charge in [0.05, 0.1) is 24.2 Å². The molecule has 4 atom stereocenters. The van der Waals surface area contributed by atoms with Gasteiger partial charge in [0, 0.05) is 31.1 Å². The van der Waals surface area contributed by atoms with Crippen LogP contribution in [0.2, 0.25) is 0 Å². The second kappa shape index (κ2) is 7.51. The molecule has 2 heterocycles. The van der Waals surface area contributed by atoms with Gasteiger partial charge in [-0.2, -0.15) is 0 Å². The van der Waals surface area contributed by atoms with Crippen molar-refractivity contribution in [3.8, 4) is 11.5 Å². The van der Waals surface area contributed by atoms with Gasteiger partial charge in [-0.15, -0.1) is 0 Å². The number of carboxylic acid groups (broad SMARTS) is 1. The van der Waals surface area contributed by atoms with E-state index in [-0.39, 0.29) is 34.9 Å². The van der Waals surface area contributed by atoms with Crippen LogP contribution in [0.1, 0.15) is 25.8 Å². The molecule has 0 radical (unpaired) electrons. The fourth-order valence-electron chi connectivity index (χ4n) is 5.30. The van der Waals surface area contributed by atoms with E-state index in [0.29, 0.717) is 36.1 Å². The van der Waals surface area contributed by atoms with Gasteiger partial charge in [0.2, 0.25) is 5.43 Å².